The summed E-state index contributed by atoms with van der Waals surface area (Å²) in [5.74, 6) is 0.107. The normalized spacial score (nSPS) is 20.0. The Bertz CT molecular complexity index is 331. The van der Waals surface area contributed by atoms with Crippen molar-refractivity contribution < 1.29 is 4.79 Å². The molecule has 1 saturated heterocycles. The van der Waals surface area contributed by atoms with Gasteiger partial charge in [-0.3, -0.25) is 9.89 Å². The SMILES string of the molecule is CC1(C)C[CH]N(C(=O)c2nc[nH]n2)C1. The zero-order valence-corrected chi connectivity index (χ0v) is 8.32. The molecule has 5 heteroatoms. The molecule has 1 amide bonds. The number of amides is 1. The first kappa shape index (κ1) is 9.18. The quantitative estimate of drug-likeness (QED) is 0.718. The fourth-order valence-corrected chi connectivity index (χ4v) is 1.54. The molecule has 0 saturated carbocycles. The van der Waals surface area contributed by atoms with Gasteiger partial charge in [0.05, 0.1) is 6.54 Å². The van der Waals surface area contributed by atoms with E-state index in [4.69, 9.17) is 0 Å². The van der Waals surface area contributed by atoms with Crippen LogP contribution in [0.15, 0.2) is 6.33 Å². The number of carbonyl (C=O) groups is 1. The lowest BCUT2D eigenvalue weighted by molar-refractivity contribution is 0.0792. The van der Waals surface area contributed by atoms with Crippen LogP contribution in [0.5, 0.6) is 0 Å². The van der Waals surface area contributed by atoms with Gasteiger partial charge < -0.3 is 4.90 Å². The van der Waals surface area contributed by atoms with Crippen molar-refractivity contribution in [1.82, 2.24) is 20.1 Å². The van der Waals surface area contributed by atoms with Crippen LogP contribution in [0.3, 0.4) is 0 Å². The van der Waals surface area contributed by atoms with E-state index in [-0.39, 0.29) is 17.1 Å². The van der Waals surface area contributed by atoms with Crippen molar-refractivity contribution in [2.75, 3.05) is 6.54 Å². The fourth-order valence-electron chi connectivity index (χ4n) is 1.54. The maximum Gasteiger partial charge on any atom is 0.293 e. The van der Waals surface area contributed by atoms with Crippen molar-refractivity contribution in [2.45, 2.75) is 20.3 Å². The van der Waals surface area contributed by atoms with E-state index in [9.17, 15) is 4.79 Å². The molecule has 75 valence electrons. The van der Waals surface area contributed by atoms with Crippen molar-refractivity contribution in [3.8, 4) is 0 Å². The molecule has 1 aromatic rings. The van der Waals surface area contributed by atoms with E-state index in [0.717, 1.165) is 13.0 Å². The van der Waals surface area contributed by atoms with Gasteiger partial charge in [-0.2, -0.15) is 0 Å². The number of hydrogen-bond acceptors (Lipinski definition) is 3. The monoisotopic (exact) mass is 193 g/mol. The van der Waals surface area contributed by atoms with Crippen LogP contribution in [-0.2, 0) is 0 Å². The standard InChI is InChI=1S/C9H13N4O/c1-9(2)3-4-13(5-9)8(14)7-10-6-11-12-7/h4,6H,3,5H2,1-2H3,(H,10,11,12). The van der Waals surface area contributed by atoms with E-state index < -0.39 is 0 Å². The number of aromatic amines is 1. The molecule has 0 spiro atoms. The number of carbonyl (C=O) groups excluding carboxylic acids is 1. The predicted octanol–water partition coefficient (Wildman–Crippen LogP) is 0.839. The van der Waals surface area contributed by atoms with Gasteiger partial charge in [-0.1, -0.05) is 13.8 Å². The molecule has 0 bridgehead atoms. The molecule has 0 unspecified atom stereocenters. The Balaban J connectivity index is 2.08. The van der Waals surface area contributed by atoms with Crippen LogP contribution in [0.1, 0.15) is 30.9 Å². The van der Waals surface area contributed by atoms with E-state index in [1.807, 2.05) is 6.54 Å². The third kappa shape index (κ3) is 1.62. The van der Waals surface area contributed by atoms with Gasteiger partial charge in [-0.15, -0.1) is 5.10 Å². The third-order valence-corrected chi connectivity index (χ3v) is 2.33. The lowest BCUT2D eigenvalue weighted by Gasteiger charge is -2.18. The summed E-state index contributed by atoms with van der Waals surface area (Å²) in [6.45, 7) is 6.92. The van der Waals surface area contributed by atoms with Gasteiger partial charge in [0, 0.05) is 6.54 Å². The lowest BCUT2D eigenvalue weighted by Crippen LogP contribution is -2.29. The molecule has 1 aliphatic rings. The summed E-state index contributed by atoms with van der Waals surface area (Å²) in [6.07, 6.45) is 2.33. The highest BCUT2D eigenvalue weighted by molar-refractivity contribution is 5.91. The van der Waals surface area contributed by atoms with Crippen LogP contribution < -0.4 is 0 Å². The summed E-state index contributed by atoms with van der Waals surface area (Å²) in [6, 6.07) is 0. The summed E-state index contributed by atoms with van der Waals surface area (Å²) in [4.78, 5) is 17.3. The molecule has 1 aliphatic heterocycles. The van der Waals surface area contributed by atoms with Crippen molar-refractivity contribution in [3.63, 3.8) is 0 Å². The first-order chi connectivity index (χ1) is 6.58. The first-order valence-electron chi connectivity index (χ1n) is 4.59. The Morgan fingerprint density at radius 2 is 2.43 bits per heavy atom. The van der Waals surface area contributed by atoms with Crippen LogP contribution in [-0.4, -0.2) is 32.5 Å². The second-order valence-corrected chi connectivity index (χ2v) is 4.31. The number of nitrogens with one attached hydrogen (secondary N) is 1. The van der Waals surface area contributed by atoms with Crippen LogP contribution in [0.2, 0.25) is 0 Å². The molecule has 1 N–H and O–H groups in total. The van der Waals surface area contributed by atoms with Crippen LogP contribution in [0.25, 0.3) is 0 Å². The summed E-state index contributed by atoms with van der Waals surface area (Å²) < 4.78 is 0. The molecule has 2 rings (SSSR count). The number of aromatic nitrogens is 3. The molecule has 5 nitrogen and oxygen atoms in total. The molecular formula is C9H13N4O. The maximum atomic E-state index is 11.7. The van der Waals surface area contributed by atoms with Gasteiger partial charge in [0.15, 0.2) is 0 Å². The van der Waals surface area contributed by atoms with Gasteiger partial charge in [-0.25, -0.2) is 4.98 Å². The summed E-state index contributed by atoms with van der Waals surface area (Å²) in [7, 11) is 0. The molecule has 1 aromatic heterocycles. The number of hydrogen-bond donors (Lipinski definition) is 1. The molecule has 0 aliphatic carbocycles. The van der Waals surface area contributed by atoms with E-state index in [0.29, 0.717) is 0 Å². The minimum Gasteiger partial charge on any atom is -0.330 e. The van der Waals surface area contributed by atoms with E-state index in [1.165, 1.54) is 6.33 Å². The van der Waals surface area contributed by atoms with Crippen molar-refractivity contribution in [2.24, 2.45) is 5.41 Å². The molecule has 0 aromatic carbocycles. The molecule has 1 radical (unpaired) electrons. The van der Waals surface area contributed by atoms with Crippen molar-refractivity contribution >= 4 is 5.91 Å². The molecule has 2 heterocycles. The summed E-state index contributed by atoms with van der Waals surface area (Å²) in [5, 5.41) is 6.29. The Kier molecular flexibility index (Phi) is 2.02. The Labute approximate surface area is 82.5 Å². The number of H-pyrrole nitrogens is 1. The van der Waals surface area contributed by atoms with Crippen LogP contribution >= 0.6 is 0 Å². The highest BCUT2D eigenvalue weighted by atomic mass is 16.2. The topological polar surface area (TPSA) is 61.9 Å². The van der Waals surface area contributed by atoms with Crippen molar-refractivity contribution in [1.29, 1.82) is 0 Å². The van der Waals surface area contributed by atoms with Gasteiger partial charge in [0.1, 0.15) is 6.33 Å². The zero-order chi connectivity index (χ0) is 10.2. The largest absolute Gasteiger partial charge is 0.330 e. The molecule has 1 fully saturated rings. The van der Waals surface area contributed by atoms with Crippen LogP contribution in [0, 0.1) is 12.0 Å². The Morgan fingerprint density at radius 3 is 2.93 bits per heavy atom. The highest BCUT2D eigenvalue weighted by Gasteiger charge is 2.33. The highest BCUT2D eigenvalue weighted by Crippen LogP contribution is 2.31. The van der Waals surface area contributed by atoms with E-state index in [1.54, 1.807) is 4.90 Å². The van der Waals surface area contributed by atoms with E-state index in [2.05, 4.69) is 29.0 Å². The smallest absolute Gasteiger partial charge is 0.293 e. The van der Waals surface area contributed by atoms with Gasteiger partial charge in [-0.05, 0) is 11.8 Å². The number of likely N-dealkylation sites (tertiary alicyclic amines) is 1. The van der Waals surface area contributed by atoms with E-state index >= 15 is 0 Å². The first-order valence-corrected chi connectivity index (χ1v) is 4.59. The molecular weight excluding hydrogens is 180 g/mol. The van der Waals surface area contributed by atoms with Crippen molar-refractivity contribution in [3.05, 3.63) is 18.7 Å². The lowest BCUT2D eigenvalue weighted by atomic mass is 9.93. The average molecular weight is 193 g/mol. The van der Waals surface area contributed by atoms with Gasteiger partial charge in [0.2, 0.25) is 5.82 Å². The second-order valence-electron chi connectivity index (χ2n) is 4.31. The summed E-state index contributed by atoms with van der Waals surface area (Å²) in [5.41, 5.74) is 0.173. The van der Waals surface area contributed by atoms with Gasteiger partial charge in [0.25, 0.3) is 5.91 Å². The molecule has 14 heavy (non-hydrogen) atoms. The second kappa shape index (κ2) is 3.08. The number of rotatable bonds is 1. The predicted molar refractivity (Wildman–Crippen MR) is 50.1 cm³/mol. The Morgan fingerprint density at radius 1 is 1.64 bits per heavy atom. The van der Waals surface area contributed by atoms with Gasteiger partial charge >= 0.3 is 0 Å². The third-order valence-electron chi connectivity index (χ3n) is 2.33. The minimum atomic E-state index is -0.128. The number of nitrogens with zero attached hydrogens (tertiary/aromatic N) is 3. The average Bonchev–Trinajstić information content (AvgIpc) is 2.72. The molecule has 0 atom stereocenters. The van der Waals surface area contributed by atoms with Crippen LogP contribution in [0.4, 0.5) is 0 Å². The fraction of sp³-hybridized carbons (Fsp3) is 0.556. The maximum absolute atomic E-state index is 11.7. The Hall–Kier alpha value is -1.39. The zero-order valence-electron chi connectivity index (χ0n) is 8.32. The minimum absolute atomic E-state index is 0.128. The summed E-state index contributed by atoms with van der Waals surface area (Å²) >= 11 is 0.